The summed E-state index contributed by atoms with van der Waals surface area (Å²) in [5, 5.41) is 11.7. The molecule has 0 unspecified atom stereocenters. The maximum Gasteiger partial charge on any atom is 0.303 e. The number of amides is 1. The molecule has 1 aromatic carbocycles. The molecule has 0 radical (unpaired) electrons. The molecule has 0 heterocycles. The van der Waals surface area contributed by atoms with Crippen molar-refractivity contribution in [3.8, 4) is 0 Å². The molecule has 0 bridgehead atoms. The van der Waals surface area contributed by atoms with Gasteiger partial charge in [0, 0.05) is 22.5 Å². The second-order valence-corrected chi connectivity index (χ2v) is 5.02. The molecule has 0 aliphatic carbocycles. The first-order valence-electron chi connectivity index (χ1n) is 5.45. The largest absolute Gasteiger partial charge is 0.481 e. The number of carboxylic acids is 1. The molecule has 98 valence electrons. The van der Waals surface area contributed by atoms with Gasteiger partial charge in [0.05, 0.1) is 5.56 Å². The number of benzene rings is 1. The van der Waals surface area contributed by atoms with Crippen molar-refractivity contribution in [2.75, 3.05) is 6.54 Å². The smallest absolute Gasteiger partial charge is 0.303 e. The summed E-state index contributed by atoms with van der Waals surface area (Å²) in [4.78, 5) is 22.1. The number of carboxylic acid groups (broad SMARTS) is 1. The minimum absolute atomic E-state index is 0.126. The van der Waals surface area contributed by atoms with Gasteiger partial charge < -0.3 is 10.4 Å². The lowest BCUT2D eigenvalue weighted by atomic mass is 10.2. The zero-order chi connectivity index (χ0) is 13.5. The number of carbonyl (C=O) groups is 2. The first kappa shape index (κ1) is 15.0. The lowest BCUT2D eigenvalue weighted by Crippen LogP contribution is -2.24. The van der Waals surface area contributed by atoms with Crippen molar-refractivity contribution in [1.29, 1.82) is 0 Å². The molecule has 0 fully saturated rings. The van der Waals surface area contributed by atoms with Crippen molar-refractivity contribution in [3.63, 3.8) is 0 Å². The Kier molecular flexibility index (Phi) is 6.15. The lowest BCUT2D eigenvalue weighted by molar-refractivity contribution is -0.137. The number of nitrogens with one attached hydrogen (secondary N) is 1. The van der Waals surface area contributed by atoms with Crippen LogP contribution in [0.15, 0.2) is 22.7 Å². The van der Waals surface area contributed by atoms with Gasteiger partial charge in [0.15, 0.2) is 0 Å². The van der Waals surface area contributed by atoms with E-state index in [1.165, 1.54) is 0 Å². The molecule has 2 N–H and O–H groups in total. The molecular formula is C12H13BrClNO3. The third kappa shape index (κ3) is 5.06. The zero-order valence-electron chi connectivity index (χ0n) is 9.58. The summed E-state index contributed by atoms with van der Waals surface area (Å²) >= 11 is 9.05. The summed E-state index contributed by atoms with van der Waals surface area (Å²) < 4.78 is 0.637. The fourth-order valence-corrected chi connectivity index (χ4v) is 2.23. The van der Waals surface area contributed by atoms with Gasteiger partial charge in [-0.2, -0.15) is 0 Å². The van der Waals surface area contributed by atoms with Gasteiger partial charge in [0.1, 0.15) is 0 Å². The van der Waals surface area contributed by atoms with Gasteiger partial charge >= 0.3 is 5.97 Å². The first-order valence-corrected chi connectivity index (χ1v) is 6.63. The second kappa shape index (κ2) is 7.38. The number of rotatable bonds is 6. The van der Waals surface area contributed by atoms with E-state index in [0.717, 1.165) is 0 Å². The highest BCUT2D eigenvalue weighted by atomic mass is 79.9. The number of hydrogen-bond donors (Lipinski definition) is 2. The van der Waals surface area contributed by atoms with E-state index in [1.54, 1.807) is 18.2 Å². The molecule has 0 spiro atoms. The van der Waals surface area contributed by atoms with Gasteiger partial charge in [-0.3, -0.25) is 9.59 Å². The lowest BCUT2D eigenvalue weighted by Gasteiger charge is -2.06. The summed E-state index contributed by atoms with van der Waals surface area (Å²) in [6.45, 7) is 0.460. The van der Waals surface area contributed by atoms with E-state index in [-0.39, 0.29) is 12.3 Å². The maximum atomic E-state index is 11.8. The molecule has 0 atom stereocenters. The third-order valence-corrected chi connectivity index (χ3v) is 3.17. The van der Waals surface area contributed by atoms with Crippen molar-refractivity contribution < 1.29 is 14.7 Å². The van der Waals surface area contributed by atoms with Crippen molar-refractivity contribution in [2.24, 2.45) is 0 Å². The molecule has 1 aromatic rings. The van der Waals surface area contributed by atoms with Crippen LogP contribution < -0.4 is 5.32 Å². The van der Waals surface area contributed by atoms with Crippen LogP contribution in [0.1, 0.15) is 29.6 Å². The molecule has 18 heavy (non-hydrogen) atoms. The van der Waals surface area contributed by atoms with Gasteiger partial charge in [-0.25, -0.2) is 0 Å². The van der Waals surface area contributed by atoms with Crippen LogP contribution in [-0.4, -0.2) is 23.5 Å². The van der Waals surface area contributed by atoms with Crippen LogP contribution in [-0.2, 0) is 4.79 Å². The maximum absolute atomic E-state index is 11.8. The van der Waals surface area contributed by atoms with Crippen LogP contribution in [0.4, 0.5) is 0 Å². The van der Waals surface area contributed by atoms with E-state index >= 15 is 0 Å². The number of unbranched alkanes of at least 4 members (excludes halogenated alkanes) is 1. The SMILES string of the molecule is O=C(O)CCCCNC(=O)c1ccc(Cl)cc1Br. The molecule has 0 saturated carbocycles. The summed E-state index contributed by atoms with van der Waals surface area (Å²) in [6, 6.07) is 4.94. The Hall–Kier alpha value is -1.07. The van der Waals surface area contributed by atoms with E-state index in [1.807, 2.05) is 0 Å². The van der Waals surface area contributed by atoms with Crippen molar-refractivity contribution in [3.05, 3.63) is 33.3 Å². The van der Waals surface area contributed by atoms with Crippen LogP contribution >= 0.6 is 27.5 Å². The number of carbonyl (C=O) groups excluding carboxylic acids is 1. The Morgan fingerprint density at radius 1 is 1.33 bits per heavy atom. The van der Waals surface area contributed by atoms with Gasteiger partial charge in [0.2, 0.25) is 0 Å². The normalized spacial score (nSPS) is 10.1. The summed E-state index contributed by atoms with van der Waals surface area (Å²) in [5.74, 6) is -1.02. The van der Waals surface area contributed by atoms with Gasteiger partial charge in [0.25, 0.3) is 5.91 Å². The topological polar surface area (TPSA) is 66.4 Å². The number of hydrogen-bond acceptors (Lipinski definition) is 2. The Morgan fingerprint density at radius 2 is 2.06 bits per heavy atom. The third-order valence-electron chi connectivity index (χ3n) is 2.28. The van der Waals surface area contributed by atoms with Crippen LogP contribution in [0.25, 0.3) is 0 Å². The van der Waals surface area contributed by atoms with Crippen LogP contribution in [0.3, 0.4) is 0 Å². The molecule has 1 amide bonds. The molecule has 4 nitrogen and oxygen atoms in total. The van der Waals surface area contributed by atoms with Gasteiger partial charge in [-0.15, -0.1) is 0 Å². The van der Waals surface area contributed by atoms with Crippen molar-refractivity contribution in [2.45, 2.75) is 19.3 Å². The zero-order valence-corrected chi connectivity index (χ0v) is 11.9. The quantitative estimate of drug-likeness (QED) is 0.786. The average Bonchev–Trinajstić information content (AvgIpc) is 2.27. The Bertz CT molecular complexity index is 451. The number of aliphatic carboxylic acids is 1. The predicted octanol–water partition coefficient (Wildman–Crippen LogP) is 3.09. The van der Waals surface area contributed by atoms with Crippen LogP contribution in [0.5, 0.6) is 0 Å². The molecule has 0 aliphatic rings. The van der Waals surface area contributed by atoms with E-state index < -0.39 is 5.97 Å². The van der Waals surface area contributed by atoms with E-state index in [4.69, 9.17) is 16.7 Å². The van der Waals surface area contributed by atoms with Crippen LogP contribution in [0, 0.1) is 0 Å². The molecule has 6 heteroatoms. The summed E-state index contributed by atoms with van der Waals surface area (Å²) in [5.41, 5.74) is 0.512. The fraction of sp³-hybridized carbons (Fsp3) is 0.333. The standard InChI is InChI=1S/C12H13BrClNO3/c13-10-7-8(14)4-5-9(10)12(18)15-6-2-1-3-11(16)17/h4-5,7H,1-3,6H2,(H,15,18)(H,16,17). The van der Waals surface area contributed by atoms with E-state index in [9.17, 15) is 9.59 Å². The predicted molar refractivity (Wildman–Crippen MR) is 73.0 cm³/mol. The van der Waals surface area contributed by atoms with E-state index in [0.29, 0.717) is 34.4 Å². The summed E-state index contributed by atoms with van der Waals surface area (Å²) in [7, 11) is 0. The monoisotopic (exact) mass is 333 g/mol. The Labute approximate surface area is 118 Å². The average molecular weight is 335 g/mol. The van der Waals surface area contributed by atoms with Crippen molar-refractivity contribution >= 4 is 39.4 Å². The van der Waals surface area contributed by atoms with Gasteiger partial charge in [-0.05, 0) is 47.0 Å². The summed E-state index contributed by atoms with van der Waals surface area (Å²) in [6.07, 6.45) is 1.32. The molecule has 0 aliphatic heterocycles. The first-order chi connectivity index (χ1) is 8.50. The Morgan fingerprint density at radius 3 is 2.67 bits per heavy atom. The molecular weight excluding hydrogens is 321 g/mol. The fourth-order valence-electron chi connectivity index (χ4n) is 1.37. The van der Waals surface area contributed by atoms with Gasteiger partial charge in [-0.1, -0.05) is 11.6 Å². The van der Waals surface area contributed by atoms with E-state index in [2.05, 4.69) is 21.2 Å². The minimum Gasteiger partial charge on any atom is -0.481 e. The molecule has 0 saturated heterocycles. The van der Waals surface area contributed by atoms with Crippen molar-refractivity contribution in [1.82, 2.24) is 5.32 Å². The highest BCUT2D eigenvalue weighted by Gasteiger charge is 2.09. The highest BCUT2D eigenvalue weighted by Crippen LogP contribution is 2.21. The molecule has 1 rings (SSSR count). The highest BCUT2D eigenvalue weighted by molar-refractivity contribution is 9.10. The van der Waals surface area contributed by atoms with Crippen LogP contribution in [0.2, 0.25) is 5.02 Å². The number of halogens is 2. The second-order valence-electron chi connectivity index (χ2n) is 3.73. The Balaban J connectivity index is 2.39. The minimum atomic E-state index is -0.818. The molecule has 0 aromatic heterocycles.